The zero-order valence-corrected chi connectivity index (χ0v) is 14.5. The van der Waals surface area contributed by atoms with Crippen LogP contribution in [0, 0.1) is 11.7 Å². The maximum absolute atomic E-state index is 13.1. The quantitative estimate of drug-likeness (QED) is 0.892. The third-order valence-corrected chi connectivity index (χ3v) is 4.30. The van der Waals surface area contributed by atoms with Gasteiger partial charge in [0.05, 0.1) is 25.8 Å². The Bertz CT molecular complexity index is 823. The zero-order chi connectivity index (χ0) is 18.7. The minimum atomic E-state index is -0.511. The molecule has 1 fully saturated rings. The summed E-state index contributed by atoms with van der Waals surface area (Å²) in [4.78, 5) is 26.4. The van der Waals surface area contributed by atoms with Crippen LogP contribution >= 0.6 is 0 Å². The summed E-state index contributed by atoms with van der Waals surface area (Å²) in [6, 6.07) is 10.7. The van der Waals surface area contributed by atoms with Crippen molar-refractivity contribution in [2.24, 2.45) is 5.92 Å². The molecule has 0 radical (unpaired) electrons. The number of ether oxygens (including phenoxy) is 2. The smallest absolute Gasteiger partial charge is 0.229 e. The molecule has 1 N–H and O–H groups in total. The van der Waals surface area contributed by atoms with Crippen LogP contribution in [0.5, 0.6) is 11.5 Å². The molecular weight excluding hydrogens is 339 g/mol. The second kappa shape index (κ2) is 7.43. The van der Waals surface area contributed by atoms with Crippen molar-refractivity contribution in [2.75, 3.05) is 31.0 Å². The Morgan fingerprint density at radius 2 is 1.88 bits per heavy atom. The molecule has 3 rings (SSSR count). The average Bonchev–Trinajstić information content (AvgIpc) is 3.04. The fraction of sp³-hybridized carbons (Fsp3) is 0.263. The molecule has 2 aromatic rings. The van der Waals surface area contributed by atoms with Gasteiger partial charge < -0.3 is 19.7 Å². The predicted octanol–water partition coefficient (Wildman–Crippen LogP) is 2.83. The van der Waals surface area contributed by atoms with Gasteiger partial charge >= 0.3 is 0 Å². The van der Waals surface area contributed by atoms with Gasteiger partial charge in [-0.1, -0.05) is 0 Å². The molecule has 1 heterocycles. The maximum atomic E-state index is 13.1. The molecule has 2 amide bonds. The number of hydrogen-bond acceptors (Lipinski definition) is 4. The van der Waals surface area contributed by atoms with Crippen molar-refractivity contribution in [1.82, 2.24) is 0 Å². The molecule has 1 aliphatic rings. The van der Waals surface area contributed by atoms with Gasteiger partial charge in [-0.2, -0.15) is 0 Å². The van der Waals surface area contributed by atoms with Crippen LogP contribution in [0.1, 0.15) is 6.42 Å². The molecular formula is C19H19FN2O4. The van der Waals surface area contributed by atoms with E-state index < -0.39 is 5.92 Å². The predicted molar refractivity (Wildman–Crippen MR) is 95.0 cm³/mol. The summed E-state index contributed by atoms with van der Waals surface area (Å²) in [6.07, 6.45) is 0.0928. The minimum Gasteiger partial charge on any atom is -0.497 e. The largest absolute Gasteiger partial charge is 0.497 e. The van der Waals surface area contributed by atoms with Crippen LogP contribution in [-0.4, -0.2) is 32.6 Å². The molecule has 1 aliphatic heterocycles. The van der Waals surface area contributed by atoms with Crippen LogP contribution in [-0.2, 0) is 9.59 Å². The minimum absolute atomic E-state index is 0.0928. The van der Waals surface area contributed by atoms with Crippen LogP contribution in [0.25, 0.3) is 0 Å². The van der Waals surface area contributed by atoms with Crippen molar-refractivity contribution in [2.45, 2.75) is 6.42 Å². The first-order chi connectivity index (χ1) is 12.5. The molecule has 7 heteroatoms. The number of methoxy groups -OCH3 is 2. The molecule has 0 spiro atoms. The van der Waals surface area contributed by atoms with Gasteiger partial charge in [0.1, 0.15) is 17.3 Å². The highest BCUT2D eigenvalue weighted by atomic mass is 19.1. The number of hydrogen-bond donors (Lipinski definition) is 1. The van der Waals surface area contributed by atoms with E-state index in [1.54, 1.807) is 18.2 Å². The van der Waals surface area contributed by atoms with Gasteiger partial charge in [0, 0.05) is 24.7 Å². The van der Waals surface area contributed by atoms with Crippen LogP contribution in [0.2, 0.25) is 0 Å². The zero-order valence-electron chi connectivity index (χ0n) is 14.5. The van der Waals surface area contributed by atoms with Gasteiger partial charge in [0.25, 0.3) is 0 Å². The topological polar surface area (TPSA) is 67.9 Å². The number of nitrogens with zero attached hydrogens (tertiary/aromatic N) is 1. The molecule has 0 unspecified atom stereocenters. The van der Waals surface area contributed by atoms with E-state index in [1.165, 1.54) is 43.4 Å². The van der Waals surface area contributed by atoms with Gasteiger partial charge in [-0.05, 0) is 36.4 Å². The molecule has 0 saturated carbocycles. The lowest BCUT2D eigenvalue weighted by atomic mass is 10.1. The Kier molecular flexibility index (Phi) is 5.06. The van der Waals surface area contributed by atoms with Crippen LogP contribution < -0.4 is 19.7 Å². The summed E-state index contributed by atoms with van der Waals surface area (Å²) in [5, 5.41) is 2.80. The van der Waals surface area contributed by atoms with E-state index in [1.807, 2.05) is 0 Å². The van der Waals surface area contributed by atoms with E-state index in [0.29, 0.717) is 22.9 Å². The van der Waals surface area contributed by atoms with E-state index in [-0.39, 0.29) is 30.6 Å². The Morgan fingerprint density at radius 1 is 1.15 bits per heavy atom. The van der Waals surface area contributed by atoms with Gasteiger partial charge in [0.2, 0.25) is 11.8 Å². The molecule has 1 atom stereocenters. The Morgan fingerprint density at radius 3 is 2.54 bits per heavy atom. The summed E-state index contributed by atoms with van der Waals surface area (Å²) in [6.45, 7) is 0.239. The lowest BCUT2D eigenvalue weighted by Gasteiger charge is -2.17. The van der Waals surface area contributed by atoms with Crippen molar-refractivity contribution < 1.29 is 23.5 Å². The summed E-state index contributed by atoms with van der Waals surface area (Å²) in [7, 11) is 3.04. The van der Waals surface area contributed by atoms with Gasteiger partial charge in [-0.25, -0.2) is 4.39 Å². The van der Waals surface area contributed by atoms with Crippen molar-refractivity contribution >= 4 is 23.2 Å². The van der Waals surface area contributed by atoms with E-state index in [0.717, 1.165) is 0 Å². The van der Waals surface area contributed by atoms with Crippen molar-refractivity contribution in [3.8, 4) is 11.5 Å². The summed E-state index contributed by atoms with van der Waals surface area (Å²) < 4.78 is 23.5. The Hall–Kier alpha value is -3.09. The lowest BCUT2D eigenvalue weighted by molar-refractivity contribution is -0.122. The SMILES string of the molecule is COc1ccc(OC)c(NC(=O)[C@H]2CC(=O)N(c3ccc(F)cc3)C2)c1. The number of rotatable bonds is 5. The van der Waals surface area contributed by atoms with E-state index >= 15 is 0 Å². The number of halogens is 1. The van der Waals surface area contributed by atoms with Crippen LogP contribution in [0.4, 0.5) is 15.8 Å². The second-order valence-corrected chi connectivity index (χ2v) is 5.94. The molecule has 0 aromatic heterocycles. The lowest BCUT2D eigenvalue weighted by Crippen LogP contribution is -2.28. The first-order valence-electron chi connectivity index (χ1n) is 8.10. The number of nitrogens with one attached hydrogen (secondary N) is 1. The van der Waals surface area contributed by atoms with Crippen LogP contribution in [0.15, 0.2) is 42.5 Å². The van der Waals surface area contributed by atoms with Crippen molar-refractivity contribution in [1.29, 1.82) is 0 Å². The number of anilines is 2. The average molecular weight is 358 g/mol. The van der Waals surface area contributed by atoms with E-state index in [2.05, 4.69) is 5.32 Å². The highest BCUT2D eigenvalue weighted by Gasteiger charge is 2.35. The van der Waals surface area contributed by atoms with Gasteiger partial charge in [-0.15, -0.1) is 0 Å². The van der Waals surface area contributed by atoms with E-state index in [9.17, 15) is 14.0 Å². The van der Waals surface area contributed by atoms with Crippen LogP contribution in [0.3, 0.4) is 0 Å². The van der Waals surface area contributed by atoms with E-state index in [4.69, 9.17) is 9.47 Å². The molecule has 26 heavy (non-hydrogen) atoms. The third-order valence-electron chi connectivity index (χ3n) is 4.30. The number of carbonyl (C=O) groups is 2. The molecule has 0 bridgehead atoms. The van der Waals surface area contributed by atoms with Crippen molar-refractivity contribution in [3.63, 3.8) is 0 Å². The third kappa shape index (κ3) is 3.61. The molecule has 0 aliphatic carbocycles. The summed E-state index contributed by atoms with van der Waals surface area (Å²) >= 11 is 0. The molecule has 6 nitrogen and oxygen atoms in total. The monoisotopic (exact) mass is 358 g/mol. The summed E-state index contributed by atoms with van der Waals surface area (Å²) in [5.41, 5.74) is 1.05. The first kappa shape index (κ1) is 17.7. The van der Waals surface area contributed by atoms with Gasteiger partial charge in [-0.3, -0.25) is 9.59 Å². The number of benzene rings is 2. The summed E-state index contributed by atoms with van der Waals surface area (Å²) in [5.74, 6) is -0.262. The maximum Gasteiger partial charge on any atom is 0.229 e. The highest BCUT2D eigenvalue weighted by Crippen LogP contribution is 2.31. The van der Waals surface area contributed by atoms with Crippen molar-refractivity contribution in [3.05, 3.63) is 48.3 Å². The fourth-order valence-electron chi connectivity index (χ4n) is 2.90. The molecule has 2 aromatic carbocycles. The highest BCUT2D eigenvalue weighted by molar-refractivity contribution is 6.04. The number of carbonyl (C=O) groups excluding carboxylic acids is 2. The standard InChI is InChI=1S/C19H19FN2O4/c1-25-15-7-8-17(26-2)16(10-15)21-19(24)12-9-18(23)22(11-12)14-5-3-13(20)4-6-14/h3-8,10,12H,9,11H2,1-2H3,(H,21,24)/t12-/m0/s1. The Balaban J connectivity index is 1.73. The first-order valence-corrected chi connectivity index (χ1v) is 8.10. The van der Waals surface area contributed by atoms with Gasteiger partial charge in [0.15, 0.2) is 0 Å². The number of amides is 2. The molecule has 1 saturated heterocycles. The Labute approximate surface area is 150 Å². The molecule has 136 valence electrons. The second-order valence-electron chi connectivity index (χ2n) is 5.94. The normalized spacial score (nSPS) is 16.5. The fourth-order valence-corrected chi connectivity index (χ4v) is 2.90.